The summed E-state index contributed by atoms with van der Waals surface area (Å²) in [6.45, 7) is 5.24. The number of carbonyl (C=O) groups is 3. The maximum atomic E-state index is 13.4. The Kier molecular flexibility index (Phi) is 6.92. The van der Waals surface area contributed by atoms with Crippen molar-refractivity contribution in [2.24, 2.45) is 0 Å². The van der Waals surface area contributed by atoms with E-state index in [9.17, 15) is 14.4 Å². The van der Waals surface area contributed by atoms with Gasteiger partial charge >= 0.3 is 12.1 Å². The molecule has 4 rings (SSSR count). The Morgan fingerprint density at radius 1 is 1.08 bits per heavy atom. The third-order valence-corrected chi connectivity index (χ3v) is 5.97. The van der Waals surface area contributed by atoms with E-state index in [0.29, 0.717) is 5.75 Å². The molecule has 1 aliphatic rings. The van der Waals surface area contributed by atoms with E-state index in [2.05, 4.69) is 10.6 Å². The van der Waals surface area contributed by atoms with Crippen LogP contribution in [0, 0.1) is 0 Å². The summed E-state index contributed by atoms with van der Waals surface area (Å²) in [6.07, 6.45) is 1.60. The molecule has 0 unspecified atom stereocenters. The van der Waals surface area contributed by atoms with E-state index in [-0.39, 0.29) is 12.8 Å². The topological polar surface area (TPSA) is 108 Å². The second-order valence-electron chi connectivity index (χ2n) is 9.74. The van der Waals surface area contributed by atoms with Gasteiger partial charge in [-0.25, -0.2) is 9.59 Å². The van der Waals surface area contributed by atoms with Crippen molar-refractivity contribution >= 4 is 28.9 Å². The fourth-order valence-electron chi connectivity index (χ4n) is 4.39. The zero-order chi connectivity index (χ0) is 26.0. The lowest BCUT2D eigenvalue weighted by atomic mass is 10.0. The van der Waals surface area contributed by atoms with Crippen molar-refractivity contribution in [3.05, 3.63) is 59.8 Å². The molecule has 1 aromatic heterocycles. The molecule has 36 heavy (non-hydrogen) atoms. The molecule has 1 aliphatic heterocycles. The summed E-state index contributed by atoms with van der Waals surface area (Å²) in [5.41, 5.74) is 2.62. The van der Waals surface area contributed by atoms with Crippen LogP contribution in [0.5, 0.6) is 5.75 Å². The van der Waals surface area contributed by atoms with Gasteiger partial charge in [0.1, 0.15) is 23.4 Å². The number of amides is 2. The summed E-state index contributed by atoms with van der Waals surface area (Å²) in [6, 6.07) is 11.5. The first kappa shape index (κ1) is 25.1. The van der Waals surface area contributed by atoms with E-state index in [1.807, 2.05) is 53.2 Å². The fraction of sp³-hybridized carbons (Fsp3) is 0.370. The molecule has 3 aromatic rings. The number of nitrogens with one attached hydrogen (secondary N) is 2. The highest BCUT2D eigenvalue weighted by atomic mass is 16.6. The highest BCUT2D eigenvalue weighted by Gasteiger charge is 2.31. The Morgan fingerprint density at radius 2 is 1.83 bits per heavy atom. The average molecular weight is 494 g/mol. The number of ether oxygens (including phenoxy) is 3. The predicted octanol–water partition coefficient (Wildman–Crippen LogP) is 3.29. The minimum atomic E-state index is -0.995. The fourth-order valence-corrected chi connectivity index (χ4v) is 4.39. The summed E-state index contributed by atoms with van der Waals surface area (Å²) >= 11 is 0. The molecular formula is C27H31N3O6. The van der Waals surface area contributed by atoms with E-state index in [0.717, 1.165) is 27.7 Å². The molecule has 0 saturated heterocycles. The Morgan fingerprint density at radius 3 is 2.53 bits per heavy atom. The van der Waals surface area contributed by atoms with Crippen molar-refractivity contribution < 1.29 is 28.6 Å². The van der Waals surface area contributed by atoms with Gasteiger partial charge in [0.25, 0.3) is 0 Å². The molecular weight excluding hydrogens is 462 g/mol. The Bertz CT molecular complexity index is 1310. The van der Waals surface area contributed by atoms with Gasteiger partial charge in [0, 0.05) is 24.4 Å². The third kappa shape index (κ3) is 5.30. The molecule has 4 bridgehead atoms. The van der Waals surface area contributed by atoms with Gasteiger partial charge in [0.05, 0.1) is 25.4 Å². The molecule has 190 valence electrons. The van der Waals surface area contributed by atoms with Crippen molar-refractivity contribution in [2.45, 2.75) is 51.3 Å². The minimum Gasteiger partial charge on any atom is -0.495 e. The summed E-state index contributed by atoms with van der Waals surface area (Å²) in [5, 5.41) is 6.38. The van der Waals surface area contributed by atoms with Crippen LogP contribution in [-0.2, 0) is 31.9 Å². The van der Waals surface area contributed by atoms with Gasteiger partial charge in [-0.1, -0.05) is 24.3 Å². The largest absolute Gasteiger partial charge is 0.495 e. The standard InChI is InChI=1S/C27H31N3O6/c1-27(2,3)36-26(33)29-19-14-17-15-30(21-9-7-6-8-18(17)21)22-13-16(10-11-23(22)34-4)12-20(25(32)35-5)28-24(19)31/h6-11,13,15,19-20H,12,14H2,1-5H3,(H,28,31)(H,29,33)/t19-,20-/m0/s1. The van der Waals surface area contributed by atoms with E-state index in [1.54, 1.807) is 27.9 Å². The van der Waals surface area contributed by atoms with Crippen molar-refractivity contribution in [2.75, 3.05) is 14.2 Å². The molecule has 2 amide bonds. The second-order valence-corrected chi connectivity index (χ2v) is 9.74. The first-order chi connectivity index (χ1) is 17.1. The number of benzene rings is 2. The van der Waals surface area contributed by atoms with Crippen LogP contribution >= 0.6 is 0 Å². The summed E-state index contributed by atoms with van der Waals surface area (Å²) < 4.78 is 18.0. The van der Waals surface area contributed by atoms with E-state index < -0.39 is 35.7 Å². The van der Waals surface area contributed by atoms with E-state index >= 15 is 0 Å². The van der Waals surface area contributed by atoms with Crippen molar-refractivity contribution in [1.82, 2.24) is 15.2 Å². The molecule has 0 fully saturated rings. The SMILES string of the molecule is COC(=O)[C@@H]1Cc2ccc(OC)c(c2)-n2cc(c3ccccc32)C[C@H](NC(=O)OC(C)(C)C)C(=O)N1. The van der Waals surface area contributed by atoms with Gasteiger partial charge in [-0.3, -0.25) is 4.79 Å². The van der Waals surface area contributed by atoms with Crippen LogP contribution in [0.3, 0.4) is 0 Å². The first-order valence-corrected chi connectivity index (χ1v) is 11.7. The number of nitrogens with zero attached hydrogens (tertiary/aromatic N) is 1. The van der Waals surface area contributed by atoms with Crippen molar-refractivity contribution in [3.63, 3.8) is 0 Å². The molecule has 0 radical (unpaired) electrons. The smallest absolute Gasteiger partial charge is 0.408 e. The number of esters is 1. The molecule has 9 nitrogen and oxygen atoms in total. The van der Waals surface area contributed by atoms with Crippen LogP contribution in [0.4, 0.5) is 4.79 Å². The number of hydrogen-bond donors (Lipinski definition) is 2. The quantitative estimate of drug-likeness (QED) is 0.542. The Hall–Kier alpha value is -4.01. The van der Waals surface area contributed by atoms with Gasteiger partial charge < -0.3 is 29.4 Å². The molecule has 2 heterocycles. The molecule has 0 spiro atoms. The van der Waals surface area contributed by atoms with Gasteiger partial charge in [0.2, 0.25) is 5.91 Å². The Labute approximate surface area is 209 Å². The van der Waals surface area contributed by atoms with Crippen LogP contribution in [0.25, 0.3) is 16.6 Å². The molecule has 0 aliphatic carbocycles. The highest BCUT2D eigenvalue weighted by Crippen LogP contribution is 2.32. The predicted molar refractivity (Wildman–Crippen MR) is 134 cm³/mol. The molecule has 2 atom stereocenters. The van der Waals surface area contributed by atoms with Gasteiger partial charge in [-0.05, 0) is 50.1 Å². The van der Waals surface area contributed by atoms with Crippen LogP contribution < -0.4 is 15.4 Å². The van der Waals surface area contributed by atoms with Gasteiger partial charge in [-0.15, -0.1) is 0 Å². The number of para-hydroxylation sites is 1. The number of methoxy groups -OCH3 is 2. The number of hydrogen-bond acceptors (Lipinski definition) is 6. The lowest BCUT2D eigenvalue weighted by Crippen LogP contribution is -2.54. The number of aromatic nitrogens is 1. The molecule has 2 N–H and O–H groups in total. The normalized spacial score (nSPS) is 17.9. The number of carbonyl (C=O) groups excluding carboxylic acids is 3. The van der Waals surface area contributed by atoms with E-state index in [1.165, 1.54) is 7.11 Å². The monoisotopic (exact) mass is 493 g/mol. The maximum absolute atomic E-state index is 13.4. The molecule has 9 heteroatoms. The summed E-state index contributed by atoms with van der Waals surface area (Å²) in [7, 11) is 2.88. The van der Waals surface area contributed by atoms with Crippen molar-refractivity contribution in [3.8, 4) is 11.4 Å². The first-order valence-electron chi connectivity index (χ1n) is 11.7. The summed E-state index contributed by atoms with van der Waals surface area (Å²) in [5.74, 6) is -0.438. The molecule has 2 aromatic carbocycles. The highest BCUT2D eigenvalue weighted by molar-refractivity contribution is 5.92. The number of fused-ring (bicyclic) bond motifs is 8. The van der Waals surface area contributed by atoms with Crippen LogP contribution in [0.15, 0.2) is 48.7 Å². The summed E-state index contributed by atoms with van der Waals surface area (Å²) in [4.78, 5) is 38.6. The molecule has 0 saturated carbocycles. The number of alkyl carbamates (subject to hydrolysis) is 1. The average Bonchev–Trinajstić information content (AvgIpc) is 3.19. The lowest BCUT2D eigenvalue weighted by molar-refractivity contribution is -0.145. The number of rotatable bonds is 3. The van der Waals surface area contributed by atoms with E-state index in [4.69, 9.17) is 14.2 Å². The second kappa shape index (κ2) is 9.93. The zero-order valence-electron chi connectivity index (χ0n) is 21.1. The minimum absolute atomic E-state index is 0.175. The van der Waals surface area contributed by atoms with Gasteiger partial charge in [-0.2, -0.15) is 0 Å². The maximum Gasteiger partial charge on any atom is 0.408 e. The van der Waals surface area contributed by atoms with Crippen molar-refractivity contribution in [1.29, 1.82) is 0 Å². The van der Waals surface area contributed by atoms with Gasteiger partial charge in [0.15, 0.2) is 0 Å². The Balaban J connectivity index is 1.86. The van der Waals surface area contributed by atoms with Crippen LogP contribution in [0.1, 0.15) is 31.9 Å². The van der Waals surface area contributed by atoms with Crippen LogP contribution in [0.2, 0.25) is 0 Å². The third-order valence-electron chi connectivity index (χ3n) is 5.97. The van der Waals surface area contributed by atoms with Crippen LogP contribution in [-0.4, -0.2) is 54.4 Å². The lowest BCUT2D eigenvalue weighted by Gasteiger charge is -2.25. The zero-order valence-corrected chi connectivity index (χ0v) is 21.1.